The summed E-state index contributed by atoms with van der Waals surface area (Å²) in [5, 5.41) is 4.03. The topological polar surface area (TPSA) is 50.4 Å². The molecule has 0 amide bonds. The van der Waals surface area contributed by atoms with Crippen LogP contribution in [0, 0.1) is 17.8 Å². The van der Waals surface area contributed by atoms with E-state index >= 15 is 0 Å². The number of benzene rings is 1. The Bertz CT molecular complexity index is 1010. The SMILES string of the molecule is C=CCC(C(=C)Nc1ccc(Cl)cc1N)C1CCC(C(=C)/C=C\N=C2C=CC(F)=CC2)CC1. The van der Waals surface area contributed by atoms with E-state index in [9.17, 15) is 4.39 Å². The van der Waals surface area contributed by atoms with Gasteiger partial charge in [0.15, 0.2) is 0 Å². The van der Waals surface area contributed by atoms with Crippen LogP contribution in [0.25, 0.3) is 0 Å². The highest BCUT2D eigenvalue weighted by Gasteiger charge is 2.29. The minimum atomic E-state index is -0.205. The molecule has 0 aliphatic heterocycles. The maximum atomic E-state index is 13.0. The van der Waals surface area contributed by atoms with Crippen molar-refractivity contribution in [2.24, 2.45) is 22.7 Å². The molecule has 5 heteroatoms. The molecule has 3 rings (SSSR count). The van der Waals surface area contributed by atoms with E-state index in [0.29, 0.717) is 34.9 Å². The number of aliphatic imine (C=N–C) groups is 1. The van der Waals surface area contributed by atoms with Gasteiger partial charge in [0.1, 0.15) is 5.83 Å². The van der Waals surface area contributed by atoms with E-state index in [0.717, 1.165) is 54.8 Å². The summed E-state index contributed by atoms with van der Waals surface area (Å²) >= 11 is 6.02. The number of rotatable bonds is 9. The van der Waals surface area contributed by atoms with Gasteiger partial charge in [-0.3, -0.25) is 4.99 Å². The average molecular weight is 466 g/mol. The number of allylic oxidation sites excluding steroid dienone is 8. The first-order chi connectivity index (χ1) is 15.9. The summed E-state index contributed by atoms with van der Waals surface area (Å²) < 4.78 is 13.0. The largest absolute Gasteiger partial charge is 0.397 e. The summed E-state index contributed by atoms with van der Waals surface area (Å²) in [6.07, 6.45) is 16.2. The van der Waals surface area contributed by atoms with E-state index in [1.165, 1.54) is 12.2 Å². The number of nitrogens with zero attached hydrogens (tertiary/aromatic N) is 1. The lowest BCUT2D eigenvalue weighted by atomic mass is 9.72. The molecule has 2 aliphatic rings. The quantitative estimate of drug-likeness (QED) is 0.219. The number of hydrogen-bond acceptors (Lipinski definition) is 3. The molecule has 3 N–H and O–H groups in total. The summed E-state index contributed by atoms with van der Waals surface area (Å²) in [5.74, 6) is 1.07. The van der Waals surface area contributed by atoms with E-state index in [4.69, 9.17) is 17.3 Å². The average Bonchev–Trinajstić information content (AvgIpc) is 2.80. The first-order valence-electron chi connectivity index (χ1n) is 11.4. The molecule has 3 nitrogen and oxygen atoms in total. The monoisotopic (exact) mass is 465 g/mol. The molecule has 0 radical (unpaired) electrons. The lowest BCUT2D eigenvalue weighted by Gasteiger charge is -2.35. The molecule has 1 aromatic rings. The third-order valence-electron chi connectivity index (χ3n) is 6.51. The molecule has 33 heavy (non-hydrogen) atoms. The second-order valence-corrected chi connectivity index (χ2v) is 9.20. The number of hydrogen-bond donors (Lipinski definition) is 2. The highest BCUT2D eigenvalue weighted by Crippen LogP contribution is 2.40. The van der Waals surface area contributed by atoms with Gasteiger partial charge in [0.2, 0.25) is 0 Å². The van der Waals surface area contributed by atoms with E-state index < -0.39 is 0 Å². The van der Waals surface area contributed by atoms with E-state index in [-0.39, 0.29) is 5.83 Å². The third kappa shape index (κ3) is 7.06. The van der Waals surface area contributed by atoms with Crippen LogP contribution in [0.15, 0.2) is 96.6 Å². The molecule has 0 aromatic heterocycles. The number of halogens is 2. The molecule has 174 valence electrons. The van der Waals surface area contributed by atoms with E-state index in [2.05, 4.69) is 30.0 Å². The molecule has 0 spiro atoms. The fourth-order valence-electron chi connectivity index (χ4n) is 4.58. The van der Waals surface area contributed by atoms with Crippen LogP contribution in [-0.4, -0.2) is 5.71 Å². The van der Waals surface area contributed by atoms with Crippen molar-refractivity contribution in [2.75, 3.05) is 11.1 Å². The van der Waals surface area contributed by atoms with Crippen molar-refractivity contribution in [1.82, 2.24) is 0 Å². The minimum Gasteiger partial charge on any atom is -0.397 e. The zero-order chi connectivity index (χ0) is 23.8. The van der Waals surface area contributed by atoms with Crippen LogP contribution in [0.2, 0.25) is 5.02 Å². The van der Waals surface area contributed by atoms with Crippen LogP contribution in [0.3, 0.4) is 0 Å². The van der Waals surface area contributed by atoms with Crippen molar-refractivity contribution in [3.05, 3.63) is 96.6 Å². The molecular formula is C28H33ClFN3. The van der Waals surface area contributed by atoms with Crippen molar-refractivity contribution in [3.63, 3.8) is 0 Å². The van der Waals surface area contributed by atoms with Gasteiger partial charge in [-0.05, 0) is 86.4 Å². The summed E-state index contributed by atoms with van der Waals surface area (Å²) in [6, 6.07) is 5.46. The molecule has 1 aromatic carbocycles. The van der Waals surface area contributed by atoms with Gasteiger partial charge in [-0.25, -0.2) is 4.39 Å². The Morgan fingerprint density at radius 2 is 2.00 bits per heavy atom. The molecular weight excluding hydrogens is 433 g/mol. The van der Waals surface area contributed by atoms with Crippen molar-refractivity contribution in [2.45, 2.75) is 38.5 Å². The third-order valence-corrected chi connectivity index (χ3v) is 6.75. The highest BCUT2D eigenvalue weighted by molar-refractivity contribution is 6.31. The second kappa shape index (κ2) is 11.9. The van der Waals surface area contributed by atoms with E-state index in [1.54, 1.807) is 18.3 Å². The van der Waals surface area contributed by atoms with Gasteiger partial charge in [0.05, 0.1) is 11.4 Å². The first kappa shape index (κ1) is 24.8. The van der Waals surface area contributed by atoms with Gasteiger partial charge >= 0.3 is 0 Å². The fourth-order valence-corrected chi connectivity index (χ4v) is 4.76. The van der Waals surface area contributed by atoms with Crippen LogP contribution in [0.1, 0.15) is 38.5 Å². The lowest BCUT2D eigenvalue weighted by molar-refractivity contribution is 0.244. The molecule has 1 unspecified atom stereocenters. The van der Waals surface area contributed by atoms with Crippen LogP contribution < -0.4 is 11.1 Å². The van der Waals surface area contributed by atoms with Crippen LogP contribution in [-0.2, 0) is 0 Å². The second-order valence-electron chi connectivity index (χ2n) is 8.76. The lowest BCUT2D eigenvalue weighted by Crippen LogP contribution is -2.25. The van der Waals surface area contributed by atoms with Gasteiger partial charge in [0, 0.05) is 35.0 Å². The summed E-state index contributed by atoms with van der Waals surface area (Å²) in [6.45, 7) is 12.6. The van der Waals surface area contributed by atoms with Crippen LogP contribution >= 0.6 is 11.6 Å². The van der Waals surface area contributed by atoms with Crippen molar-refractivity contribution in [3.8, 4) is 0 Å². The Morgan fingerprint density at radius 3 is 2.64 bits per heavy atom. The van der Waals surface area contributed by atoms with Gasteiger partial charge in [-0.1, -0.05) is 36.4 Å². The fraction of sp³-hybridized carbons (Fsp3) is 0.321. The highest BCUT2D eigenvalue weighted by atomic mass is 35.5. The smallest absolute Gasteiger partial charge is 0.119 e. The van der Waals surface area contributed by atoms with Crippen LogP contribution in [0.4, 0.5) is 15.8 Å². The standard InChI is InChI=1S/C28H33ClFN3/c1-4-5-26(20(3)33-28-15-10-23(29)18-27(28)31)22-8-6-21(7-9-22)19(2)16-17-32-25-13-11-24(30)12-14-25/h4,10-13,15-18,21-22,26,33H,1-3,5-9,14,31H2/b17-16-,32-25?. The zero-order valence-corrected chi connectivity index (χ0v) is 19.8. The Kier molecular flexibility index (Phi) is 8.90. The molecule has 2 aliphatic carbocycles. The Labute approximate surface area is 202 Å². The number of nitrogens with one attached hydrogen (secondary N) is 1. The first-order valence-corrected chi connectivity index (χ1v) is 11.8. The maximum Gasteiger partial charge on any atom is 0.119 e. The number of anilines is 2. The number of nitrogen functional groups attached to an aromatic ring is 1. The van der Waals surface area contributed by atoms with Gasteiger partial charge in [0.25, 0.3) is 0 Å². The summed E-state index contributed by atoms with van der Waals surface area (Å²) in [4.78, 5) is 4.42. The predicted molar refractivity (Wildman–Crippen MR) is 141 cm³/mol. The summed E-state index contributed by atoms with van der Waals surface area (Å²) in [5.41, 5.74) is 10.5. The molecule has 0 bridgehead atoms. The minimum absolute atomic E-state index is 0.205. The van der Waals surface area contributed by atoms with Gasteiger partial charge < -0.3 is 11.1 Å². The predicted octanol–water partition coefficient (Wildman–Crippen LogP) is 8.17. The molecule has 0 saturated heterocycles. The molecule has 1 saturated carbocycles. The van der Waals surface area contributed by atoms with Gasteiger partial charge in [-0.2, -0.15) is 0 Å². The van der Waals surface area contributed by atoms with Gasteiger partial charge in [-0.15, -0.1) is 6.58 Å². The molecule has 1 atom stereocenters. The Morgan fingerprint density at radius 1 is 1.24 bits per heavy atom. The zero-order valence-electron chi connectivity index (χ0n) is 19.1. The van der Waals surface area contributed by atoms with Crippen LogP contribution in [0.5, 0.6) is 0 Å². The summed E-state index contributed by atoms with van der Waals surface area (Å²) in [7, 11) is 0. The van der Waals surface area contributed by atoms with Crippen molar-refractivity contribution < 1.29 is 4.39 Å². The Balaban J connectivity index is 1.54. The molecule has 0 heterocycles. The maximum absolute atomic E-state index is 13.0. The van der Waals surface area contributed by atoms with Crippen molar-refractivity contribution >= 4 is 28.7 Å². The van der Waals surface area contributed by atoms with Crippen molar-refractivity contribution in [1.29, 1.82) is 0 Å². The normalized spacial score (nSPS) is 22.7. The Hall–Kier alpha value is -2.85. The number of nitrogens with two attached hydrogens (primary N) is 1. The van der Waals surface area contributed by atoms with E-state index in [1.807, 2.05) is 24.3 Å². The molecule has 1 fully saturated rings.